The van der Waals surface area contributed by atoms with Crippen LogP contribution in [-0.4, -0.2) is 28.9 Å². The first kappa shape index (κ1) is 20.5. The molecular weight excluding hydrogens is 375 g/mol. The molecule has 0 saturated heterocycles. The summed E-state index contributed by atoms with van der Waals surface area (Å²) >= 11 is 12.1. The van der Waals surface area contributed by atoms with E-state index in [-0.39, 0.29) is 17.9 Å². The van der Waals surface area contributed by atoms with Gasteiger partial charge in [-0.15, -0.1) is 5.10 Å². The van der Waals surface area contributed by atoms with Crippen LogP contribution in [0.15, 0.2) is 30.3 Å². The molecule has 1 aromatic carbocycles. The number of rotatable bonds is 8. The molecule has 5 nitrogen and oxygen atoms in total. The highest BCUT2D eigenvalue weighted by Crippen LogP contribution is 2.33. The fourth-order valence-corrected chi connectivity index (χ4v) is 2.82. The summed E-state index contributed by atoms with van der Waals surface area (Å²) in [5, 5.41) is 8.63. The molecule has 0 N–H and O–H groups in total. The molecule has 1 unspecified atom stereocenters. The quantitative estimate of drug-likeness (QED) is 0.584. The Hall–Kier alpha value is -1.85. The Labute approximate surface area is 163 Å². The van der Waals surface area contributed by atoms with Gasteiger partial charge in [-0.3, -0.25) is 4.79 Å². The average molecular weight is 397 g/mol. The lowest BCUT2D eigenvalue weighted by molar-refractivity contribution is -0.143. The maximum atomic E-state index is 12.6. The second-order valence-electron chi connectivity index (χ2n) is 5.71. The lowest BCUT2D eigenvalue weighted by atomic mass is 9.95. The van der Waals surface area contributed by atoms with E-state index in [0.29, 0.717) is 22.0 Å². The van der Waals surface area contributed by atoms with Gasteiger partial charge < -0.3 is 9.47 Å². The first-order valence-corrected chi connectivity index (χ1v) is 9.37. The van der Waals surface area contributed by atoms with Crippen LogP contribution in [0.3, 0.4) is 0 Å². The molecule has 0 saturated carbocycles. The molecular formula is C19H22Cl2N2O3. The van der Waals surface area contributed by atoms with Gasteiger partial charge in [0.05, 0.1) is 23.4 Å². The van der Waals surface area contributed by atoms with Gasteiger partial charge in [0.15, 0.2) is 5.15 Å². The minimum atomic E-state index is -0.735. The number of nitrogens with zero attached hydrogens (tertiary/aromatic N) is 2. The summed E-state index contributed by atoms with van der Waals surface area (Å²) < 4.78 is 11.2. The summed E-state index contributed by atoms with van der Waals surface area (Å²) in [5.74, 6) is -0.616. The number of esters is 1. The van der Waals surface area contributed by atoms with Crippen molar-refractivity contribution >= 4 is 29.2 Å². The Morgan fingerprint density at radius 3 is 2.38 bits per heavy atom. The number of ether oxygens (including phenoxy) is 2. The minimum absolute atomic E-state index is 0.0547. The Kier molecular flexibility index (Phi) is 7.66. The molecule has 140 valence electrons. The smallest absolute Gasteiger partial charge is 0.319 e. The molecule has 0 spiro atoms. The zero-order valence-corrected chi connectivity index (χ0v) is 16.5. The topological polar surface area (TPSA) is 61.3 Å². The van der Waals surface area contributed by atoms with Crippen molar-refractivity contribution in [2.75, 3.05) is 6.61 Å². The van der Waals surface area contributed by atoms with Gasteiger partial charge in [-0.05, 0) is 49.6 Å². The lowest BCUT2D eigenvalue weighted by Gasteiger charge is -2.20. The molecule has 26 heavy (non-hydrogen) atoms. The highest BCUT2D eigenvalue weighted by molar-refractivity contribution is 6.32. The number of carbonyl (C=O) groups is 1. The molecule has 0 aliphatic rings. The average Bonchev–Trinajstić information content (AvgIpc) is 2.64. The van der Waals surface area contributed by atoms with Crippen molar-refractivity contribution in [3.8, 4) is 5.75 Å². The van der Waals surface area contributed by atoms with E-state index in [1.807, 2.05) is 0 Å². The molecule has 1 heterocycles. The predicted molar refractivity (Wildman–Crippen MR) is 102 cm³/mol. The van der Waals surface area contributed by atoms with Gasteiger partial charge >= 0.3 is 5.97 Å². The molecule has 0 aliphatic carbocycles. The number of carbonyl (C=O) groups excluding carboxylic acids is 1. The van der Waals surface area contributed by atoms with Crippen LogP contribution in [0.25, 0.3) is 0 Å². The summed E-state index contributed by atoms with van der Waals surface area (Å²) in [6.07, 6.45) is 1.78. The van der Waals surface area contributed by atoms with E-state index in [0.717, 1.165) is 12.8 Å². The number of aromatic nitrogens is 2. The molecule has 1 atom stereocenters. The van der Waals surface area contributed by atoms with E-state index in [9.17, 15) is 4.79 Å². The van der Waals surface area contributed by atoms with E-state index in [4.69, 9.17) is 32.7 Å². The molecule has 0 radical (unpaired) electrons. The Bertz CT molecular complexity index is 734. The normalized spacial score (nSPS) is 12.1. The van der Waals surface area contributed by atoms with Gasteiger partial charge in [0, 0.05) is 0 Å². The molecule has 0 aliphatic heterocycles. The second kappa shape index (κ2) is 9.74. The van der Waals surface area contributed by atoms with E-state index in [1.54, 1.807) is 37.3 Å². The van der Waals surface area contributed by atoms with Gasteiger partial charge in [-0.2, -0.15) is 5.10 Å². The fourth-order valence-electron chi connectivity index (χ4n) is 2.56. The van der Waals surface area contributed by atoms with E-state index in [2.05, 4.69) is 24.0 Å². The third kappa shape index (κ3) is 5.08. The van der Waals surface area contributed by atoms with Gasteiger partial charge in [0.2, 0.25) is 0 Å². The number of benzene rings is 1. The largest absolute Gasteiger partial charge is 0.489 e. The number of hydrogen-bond donors (Lipinski definition) is 0. The summed E-state index contributed by atoms with van der Waals surface area (Å²) in [6, 6.07) is 8.49. The minimum Gasteiger partial charge on any atom is -0.489 e. The van der Waals surface area contributed by atoms with E-state index in [1.165, 1.54) is 0 Å². The molecule has 1 aromatic heterocycles. The molecule has 2 rings (SSSR count). The van der Waals surface area contributed by atoms with Gasteiger partial charge in [0.25, 0.3) is 0 Å². The highest BCUT2D eigenvalue weighted by Gasteiger charge is 2.27. The SMILES string of the molecule is CCOC(=O)C(c1ccc(Cl)c(OC(CC)CC)c1)c1ccc(Cl)nn1. The highest BCUT2D eigenvalue weighted by atomic mass is 35.5. The molecule has 0 bridgehead atoms. The maximum absolute atomic E-state index is 12.6. The number of halogens is 2. The first-order valence-electron chi connectivity index (χ1n) is 8.61. The van der Waals surface area contributed by atoms with Crippen LogP contribution in [0.4, 0.5) is 0 Å². The van der Waals surface area contributed by atoms with Crippen molar-refractivity contribution < 1.29 is 14.3 Å². The summed E-state index contributed by atoms with van der Waals surface area (Å²) in [4.78, 5) is 12.6. The van der Waals surface area contributed by atoms with E-state index >= 15 is 0 Å². The third-order valence-corrected chi connectivity index (χ3v) is 4.48. The van der Waals surface area contributed by atoms with Crippen molar-refractivity contribution in [2.24, 2.45) is 0 Å². The van der Waals surface area contributed by atoms with Gasteiger partial charge in [-0.1, -0.05) is 43.1 Å². The zero-order chi connectivity index (χ0) is 19.1. The monoisotopic (exact) mass is 396 g/mol. The van der Waals surface area contributed by atoms with Crippen LogP contribution in [-0.2, 0) is 9.53 Å². The van der Waals surface area contributed by atoms with Crippen molar-refractivity contribution in [1.29, 1.82) is 0 Å². The van der Waals surface area contributed by atoms with Crippen LogP contribution in [0.1, 0.15) is 50.8 Å². The summed E-state index contributed by atoms with van der Waals surface area (Å²) in [7, 11) is 0. The first-order chi connectivity index (χ1) is 12.5. The van der Waals surface area contributed by atoms with Crippen molar-refractivity contribution in [3.05, 3.63) is 51.8 Å². The lowest BCUT2D eigenvalue weighted by Crippen LogP contribution is -2.19. The molecule has 0 fully saturated rings. The Morgan fingerprint density at radius 1 is 1.08 bits per heavy atom. The van der Waals surface area contributed by atoms with E-state index < -0.39 is 11.9 Å². The maximum Gasteiger partial charge on any atom is 0.319 e. The van der Waals surface area contributed by atoms with Crippen molar-refractivity contribution in [2.45, 2.75) is 45.6 Å². The predicted octanol–water partition coefficient (Wildman–Crippen LogP) is 5.05. The second-order valence-corrected chi connectivity index (χ2v) is 6.51. The van der Waals surface area contributed by atoms with Crippen LogP contribution in [0.2, 0.25) is 10.2 Å². The van der Waals surface area contributed by atoms with Crippen molar-refractivity contribution in [3.63, 3.8) is 0 Å². The fraction of sp³-hybridized carbons (Fsp3) is 0.421. The third-order valence-electron chi connectivity index (χ3n) is 3.96. The molecule has 7 heteroatoms. The number of hydrogen-bond acceptors (Lipinski definition) is 5. The van der Waals surface area contributed by atoms with Crippen LogP contribution >= 0.6 is 23.2 Å². The standard InChI is InChI=1S/C19H22Cl2N2O3/c1-4-13(5-2)26-16-11-12(7-8-14(16)20)18(19(24)25-6-3)15-9-10-17(21)23-22-15/h7-11,13,18H,4-6H2,1-3H3. The zero-order valence-electron chi connectivity index (χ0n) is 15.0. The van der Waals surface area contributed by atoms with Crippen molar-refractivity contribution in [1.82, 2.24) is 10.2 Å². The Morgan fingerprint density at radius 2 is 1.81 bits per heavy atom. The van der Waals surface area contributed by atoms with Gasteiger partial charge in [0.1, 0.15) is 11.7 Å². The Balaban J connectivity index is 2.44. The summed E-state index contributed by atoms with van der Waals surface area (Å²) in [6.45, 7) is 6.13. The molecule has 0 amide bonds. The summed E-state index contributed by atoms with van der Waals surface area (Å²) in [5.41, 5.74) is 1.12. The molecule has 2 aromatic rings. The van der Waals surface area contributed by atoms with Crippen LogP contribution in [0.5, 0.6) is 5.75 Å². The van der Waals surface area contributed by atoms with Gasteiger partial charge in [-0.25, -0.2) is 0 Å². The van der Waals surface area contributed by atoms with Crippen LogP contribution in [0, 0.1) is 0 Å². The van der Waals surface area contributed by atoms with Crippen LogP contribution < -0.4 is 4.74 Å².